The molecule has 0 saturated carbocycles. The van der Waals surface area contributed by atoms with Crippen molar-refractivity contribution >= 4 is 12.4 Å². The monoisotopic (exact) mass is 368 g/mol. The van der Waals surface area contributed by atoms with Gasteiger partial charge in [0.25, 0.3) is 0 Å². The highest BCUT2D eigenvalue weighted by molar-refractivity contribution is 5.48. The summed E-state index contributed by atoms with van der Waals surface area (Å²) in [5.74, 6) is 0.931. The average Bonchev–Trinajstić information content (AvgIpc) is 3.08. The van der Waals surface area contributed by atoms with Gasteiger partial charge < -0.3 is 19.9 Å². The maximum absolute atomic E-state index is 13.1. The van der Waals surface area contributed by atoms with Gasteiger partial charge in [0.1, 0.15) is 23.1 Å². The van der Waals surface area contributed by atoms with Gasteiger partial charge in [-0.2, -0.15) is 0 Å². The molecule has 0 bridgehead atoms. The topological polar surface area (TPSA) is 68.2 Å². The first-order chi connectivity index (χ1) is 12.8. The second kappa shape index (κ2) is 6.35. The fourth-order valence-electron chi connectivity index (χ4n) is 3.37. The normalized spacial score (nSPS) is 19.7. The van der Waals surface area contributed by atoms with Gasteiger partial charge in [-0.25, -0.2) is 9.37 Å². The van der Waals surface area contributed by atoms with Crippen LogP contribution in [-0.4, -0.2) is 16.2 Å². The van der Waals surface area contributed by atoms with Crippen LogP contribution in [0.25, 0.3) is 12.4 Å². The lowest BCUT2D eigenvalue weighted by molar-refractivity contribution is -0.0565. The summed E-state index contributed by atoms with van der Waals surface area (Å²) in [6.45, 7) is 8.89. The molecular formula is C20H21FN4O2. The van der Waals surface area contributed by atoms with Gasteiger partial charge in [-0.15, -0.1) is 0 Å². The fourth-order valence-corrected chi connectivity index (χ4v) is 3.37. The quantitative estimate of drug-likeness (QED) is 0.803. The molecule has 2 aliphatic rings. The van der Waals surface area contributed by atoms with E-state index in [-0.39, 0.29) is 16.6 Å². The number of benzene rings is 1. The Balaban J connectivity index is 1.71. The van der Waals surface area contributed by atoms with Crippen LogP contribution in [0.1, 0.15) is 25.2 Å². The minimum Gasteiger partial charge on any atom is -0.366 e. The van der Waals surface area contributed by atoms with Crippen LogP contribution >= 0.6 is 0 Å². The Labute approximate surface area is 155 Å². The lowest BCUT2D eigenvalue weighted by Crippen LogP contribution is -2.54. The van der Waals surface area contributed by atoms with Crippen LogP contribution in [0.3, 0.4) is 0 Å². The Morgan fingerprint density at radius 2 is 2.07 bits per heavy atom. The number of nitrogens with one attached hydrogen (secondary N) is 2. The number of hydrogen-bond acceptors (Lipinski definition) is 5. The van der Waals surface area contributed by atoms with E-state index in [2.05, 4.69) is 22.2 Å². The van der Waals surface area contributed by atoms with E-state index in [1.165, 1.54) is 12.1 Å². The summed E-state index contributed by atoms with van der Waals surface area (Å²) in [5, 5.41) is 6.98. The van der Waals surface area contributed by atoms with Crippen molar-refractivity contribution in [2.45, 2.75) is 32.4 Å². The van der Waals surface area contributed by atoms with Crippen molar-refractivity contribution < 1.29 is 9.13 Å². The van der Waals surface area contributed by atoms with Crippen LogP contribution in [0.5, 0.6) is 0 Å². The molecule has 0 spiro atoms. The number of fused-ring (bicyclic) bond motifs is 1. The smallest absolute Gasteiger partial charge is 0.230 e. The standard InChI is InChI=1S/C20H21FN4O2/c1-12-17(26)16(24-19-20(2,3)27-9-8-25(12)19)18-22-11-15(23-18)10-13-4-6-14(21)7-5-13/h4-7,11,22-23H,1,8-10H2,2-3H3. The van der Waals surface area contributed by atoms with E-state index in [1.54, 1.807) is 18.3 Å². The number of hydrogen-bond donors (Lipinski definition) is 2. The Kier molecular flexibility index (Phi) is 4.11. The summed E-state index contributed by atoms with van der Waals surface area (Å²) >= 11 is 0. The van der Waals surface area contributed by atoms with Crippen molar-refractivity contribution in [1.29, 1.82) is 0 Å². The van der Waals surface area contributed by atoms with Crippen molar-refractivity contribution in [2.24, 2.45) is 0 Å². The number of rotatable bonds is 2. The second-order valence-corrected chi connectivity index (χ2v) is 7.19. The number of aromatic nitrogens is 2. The van der Waals surface area contributed by atoms with Gasteiger partial charge in [0.05, 0.1) is 12.0 Å². The molecule has 1 aromatic carbocycles. The van der Waals surface area contributed by atoms with E-state index in [0.29, 0.717) is 36.6 Å². The number of halogens is 1. The average molecular weight is 368 g/mol. The van der Waals surface area contributed by atoms with Crippen LogP contribution in [0.15, 0.2) is 41.0 Å². The van der Waals surface area contributed by atoms with Crippen LogP contribution in [0, 0.1) is 5.82 Å². The molecule has 6 nitrogen and oxygen atoms in total. The number of ether oxygens (including phenoxy) is 1. The van der Waals surface area contributed by atoms with Crippen LogP contribution in [-0.2, 0) is 23.3 Å². The summed E-state index contributed by atoms with van der Waals surface area (Å²) in [6.07, 6.45) is 2.37. The minimum absolute atomic E-state index is 0.220. The van der Waals surface area contributed by atoms with E-state index < -0.39 is 5.60 Å². The van der Waals surface area contributed by atoms with Crippen molar-refractivity contribution in [1.82, 2.24) is 20.2 Å². The van der Waals surface area contributed by atoms with Crippen LogP contribution in [0.4, 0.5) is 4.39 Å². The molecule has 0 amide bonds. The van der Waals surface area contributed by atoms with Gasteiger partial charge >= 0.3 is 0 Å². The van der Waals surface area contributed by atoms with E-state index in [0.717, 1.165) is 11.3 Å². The second-order valence-electron chi connectivity index (χ2n) is 7.19. The molecule has 2 aromatic rings. The van der Waals surface area contributed by atoms with Gasteiger partial charge in [0.2, 0.25) is 5.43 Å². The highest BCUT2D eigenvalue weighted by atomic mass is 19.1. The first kappa shape index (κ1) is 17.5. The molecule has 7 heteroatoms. The molecule has 4 rings (SSSR count). The van der Waals surface area contributed by atoms with E-state index >= 15 is 0 Å². The largest absolute Gasteiger partial charge is 0.366 e. The molecule has 0 fully saturated rings. The molecule has 0 atom stereocenters. The van der Waals surface area contributed by atoms with Gasteiger partial charge in [-0.1, -0.05) is 18.7 Å². The van der Waals surface area contributed by atoms with Gasteiger partial charge in [-0.05, 0) is 31.5 Å². The zero-order chi connectivity index (χ0) is 19.2. The summed E-state index contributed by atoms with van der Waals surface area (Å²) < 4.78 is 20.7. The fraction of sp³-hybridized carbons (Fsp3) is 0.300. The third-order valence-electron chi connectivity index (χ3n) is 4.81. The Morgan fingerprint density at radius 3 is 2.81 bits per heavy atom. The SMILES string of the molecule is C=c1c(=O)c(=C2NC=C(Cc3ccc(F)cc3)N2)nc2n1CCOC2(C)C. The lowest BCUT2D eigenvalue weighted by atomic mass is 10.1. The molecule has 0 aliphatic carbocycles. The molecule has 0 unspecified atom stereocenters. The molecule has 1 aromatic heterocycles. The first-order valence-electron chi connectivity index (χ1n) is 8.81. The van der Waals surface area contributed by atoms with E-state index in [9.17, 15) is 9.18 Å². The summed E-state index contributed by atoms with van der Waals surface area (Å²) in [5.41, 5.74) is 1.01. The van der Waals surface area contributed by atoms with Gasteiger partial charge in [0.15, 0.2) is 5.35 Å². The minimum atomic E-state index is -0.601. The molecule has 0 saturated heterocycles. The maximum Gasteiger partial charge on any atom is 0.230 e. The zero-order valence-electron chi connectivity index (χ0n) is 15.3. The maximum atomic E-state index is 13.1. The molecule has 3 heterocycles. The van der Waals surface area contributed by atoms with Crippen LogP contribution in [0.2, 0.25) is 0 Å². The van der Waals surface area contributed by atoms with Crippen molar-refractivity contribution in [3.05, 3.63) is 74.3 Å². The van der Waals surface area contributed by atoms with E-state index in [1.807, 2.05) is 18.4 Å². The van der Waals surface area contributed by atoms with Crippen molar-refractivity contribution in [2.75, 3.05) is 6.61 Å². The molecular weight excluding hydrogens is 347 g/mol. The highest BCUT2D eigenvalue weighted by Gasteiger charge is 2.31. The zero-order valence-corrected chi connectivity index (χ0v) is 15.3. The third-order valence-corrected chi connectivity index (χ3v) is 4.81. The first-order valence-corrected chi connectivity index (χ1v) is 8.81. The van der Waals surface area contributed by atoms with Crippen molar-refractivity contribution in [3.8, 4) is 0 Å². The lowest BCUT2D eigenvalue weighted by Gasteiger charge is -2.32. The van der Waals surface area contributed by atoms with E-state index in [4.69, 9.17) is 4.74 Å². The predicted octanol–water partition coefficient (Wildman–Crippen LogP) is 0.401. The highest BCUT2D eigenvalue weighted by Crippen LogP contribution is 2.24. The molecule has 140 valence electrons. The molecule has 27 heavy (non-hydrogen) atoms. The Bertz CT molecular complexity index is 1100. The van der Waals surface area contributed by atoms with Crippen molar-refractivity contribution in [3.63, 3.8) is 0 Å². The Morgan fingerprint density at radius 1 is 1.33 bits per heavy atom. The summed E-state index contributed by atoms with van der Waals surface area (Å²) in [4.78, 5) is 17.4. The molecule has 2 N–H and O–H groups in total. The summed E-state index contributed by atoms with van der Waals surface area (Å²) in [7, 11) is 0. The molecule has 0 radical (unpaired) electrons. The summed E-state index contributed by atoms with van der Waals surface area (Å²) in [6, 6.07) is 6.32. The van der Waals surface area contributed by atoms with Crippen LogP contribution < -0.4 is 26.8 Å². The third kappa shape index (κ3) is 3.14. The predicted molar refractivity (Wildman–Crippen MR) is 100 cm³/mol. The Hall–Kier alpha value is -2.93. The number of nitrogens with zero attached hydrogens (tertiary/aromatic N) is 2. The van der Waals surface area contributed by atoms with Gasteiger partial charge in [-0.3, -0.25) is 4.79 Å². The molecule has 2 aliphatic heterocycles. The number of allylic oxidation sites excluding steroid dienone is 1. The van der Waals surface area contributed by atoms with Gasteiger partial charge in [0, 0.05) is 24.9 Å².